The summed E-state index contributed by atoms with van der Waals surface area (Å²) in [6.07, 6.45) is 2.23. The van der Waals surface area contributed by atoms with Gasteiger partial charge in [0.15, 0.2) is 23.2 Å². The van der Waals surface area contributed by atoms with Crippen molar-refractivity contribution in [3.63, 3.8) is 0 Å². The van der Waals surface area contributed by atoms with Crippen LogP contribution in [0.25, 0.3) is 11.2 Å². The van der Waals surface area contributed by atoms with Crippen LogP contribution in [0.5, 0.6) is 11.5 Å². The van der Waals surface area contributed by atoms with E-state index in [2.05, 4.69) is 55.3 Å². The molecule has 8 aromatic rings. The number of carbonyl (C=O) groups is 1. The highest BCUT2D eigenvalue weighted by molar-refractivity contribution is 6.80. The molecule has 1 amide bonds. The minimum absolute atomic E-state index is 0.225. The first-order valence-electron chi connectivity index (χ1n) is 21.5. The number of aliphatic hydroxyl groups excluding tert-OH is 1. The highest BCUT2D eigenvalue weighted by Gasteiger charge is 2.53. The molecule has 0 aliphatic rings. The molecule has 2 atom stereocenters. The van der Waals surface area contributed by atoms with E-state index in [0.717, 1.165) is 27.1 Å². The number of anilines is 1. The zero-order valence-electron chi connectivity index (χ0n) is 37.2. The second-order valence-electron chi connectivity index (χ2n) is 17.1. The van der Waals surface area contributed by atoms with Gasteiger partial charge in [0.05, 0.1) is 27.2 Å². The summed E-state index contributed by atoms with van der Waals surface area (Å²) < 4.78 is 29.1. The number of hydrogen-bond donors (Lipinski definition) is 2. The number of rotatable bonds is 17. The number of nitrogens with zero attached hydrogens (tertiary/aromatic N) is 4. The normalized spacial score (nSPS) is 13.3. The van der Waals surface area contributed by atoms with Crippen molar-refractivity contribution < 1.29 is 28.5 Å². The predicted molar refractivity (Wildman–Crippen MR) is 256 cm³/mol. The molecule has 0 fully saturated rings. The molecule has 0 radical (unpaired) electrons. The molecule has 11 nitrogen and oxygen atoms in total. The number of methoxy groups -OCH3 is 2. The van der Waals surface area contributed by atoms with Crippen molar-refractivity contribution in [3.8, 4) is 11.5 Å². The smallest absolute Gasteiger partial charge is 0.256 e. The molecule has 0 bridgehead atoms. The Hall–Kier alpha value is -6.96. The quantitative estimate of drug-likeness (QED) is 0.0685. The van der Waals surface area contributed by atoms with Crippen LogP contribution in [0.4, 0.5) is 5.82 Å². The average Bonchev–Trinajstić information content (AvgIpc) is 3.78. The predicted octanol–water partition coefficient (Wildman–Crippen LogP) is 8.33. The van der Waals surface area contributed by atoms with Gasteiger partial charge in [-0.05, 0) is 75.3 Å². The number of aliphatic hydroxyl groups is 1. The van der Waals surface area contributed by atoms with E-state index in [9.17, 15) is 9.90 Å². The minimum atomic E-state index is -2.69. The number of imidazole rings is 1. The lowest BCUT2D eigenvalue weighted by atomic mass is 9.76. The van der Waals surface area contributed by atoms with Crippen molar-refractivity contribution in [1.82, 2.24) is 19.5 Å². The fourth-order valence-corrected chi connectivity index (χ4v) is 11.1. The Balaban J connectivity index is 1.42. The van der Waals surface area contributed by atoms with E-state index in [1.165, 1.54) is 6.33 Å². The molecule has 2 unspecified atom stereocenters. The third-order valence-corrected chi connectivity index (χ3v) is 13.9. The standard InChI is InChI=1S/C53H53N5O6Si/c1-51(2,3)34-52(35-59,64-53(39-20-12-7-13-21-39,40-26-30-42(61-4)31-27-40)41-28-32-43(62-5)33-29-41)50(63-65(44-22-14-8-15-23-44)45-24-16-9-17-25-45)58-37-56-46-47(54-36-55-48(46)58)57-49(60)38-18-10-6-11-19-38/h6-33,36-37,50,59,65H,34-35H2,1-5H3,(H,54,55,57,60). The van der Waals surface area contributed by atoms with Gasteiger partial charge in [-0.2, -0.15) is 0 Å². The van der Waals surface area contributed by atoms with Crippen LogP contribution in [-0.4, -0.2) is 66.0 Å². The van der Waals surface area contributed by atoms with Gasteiger partial charge >= 0.3 is 0 Å². The van der Waals surface area contributed by atoms with Crippen LogP contribution in [0.3, 0.4) is 0 Å². The molecule has 8 rings (SSSR count). The van der Waals surface area contributed by atoms with Gasteiger partial charge in [-0.1, -0.05) is 154 Å². The summed E-state index contributed by atoms with van der Waals surface area (Å²) in [5.74, 6) is 1.23. The first kappa shape index (κ1) is 44.6. The molecule has 0 aliphatic heterocycles. The van der Waals surface area contributed by atoms with Gasteiger partial charge in [0.1, 0.15) is 29.0 Å². The largest absolute Gasteiger partial charge is 0.497 e. The average molecular weight is 884 g/mol. The first-order chi connectivity index (χ1) is 31.6. The Bertz CT molecular complexity index is 2700. The highest BCUT2D eigenvalue weighted by Crippen LogP contribution is 2.50. The van der Waals surface area contributed by atoms with Gasteiger partial charge in [0, 0.05) is 5.56 Å². The van der Waals surface area contributed by atoms with E-state index in [1.807, 2.05) is 126 Å². The first-order valence-corrected chi connectivity index (χ1v) is 23.1. The molecule has 65 heavy (non-hydrogen) atoms. The van der Waals surface area contributed by atoms with Gasteiger partial charge in [-0.25, -0.2) is 15.0 Å². The molecule has 2 aromatic heterocycles. The fourth-order valence-electron chi connectivity index (χ4n) is 8.61. The fraction of sp³-hybridized carbons (Fsp3) is 0.208. The van der Waals surface area contributed by atoms with Gasteiger partial charge in [0.2, 0.25) is 9.04 Å². The zero-order chi connectivity index (χ0) is 45.4. The van der Waals surface area contributed by atoms with Crippen LogP contribution in [0.2, 0.25) is 0 Å². The Labute approximate surface area is 381 Å². The summed E-state index contributed by atoms with van der Waals surface area (Å²) >= 11 is 0. The summed E-state index contributed by atoms with van der Waals surface area (Å²) in [5.41, 5.74) is 0.121. The van der Waals surface area contributed by atoms with Crippen molar-refractivity contribution in [1.29, 1.82) is 0 Å². The molecule has 12 heteroatoms. The maximum atomic E-state index is 13.6. The van der Waals surface area contributed by atoms with Crippen LogP contribution >= 0.6 is 0 Å². The number of benzene rings is 6. The van der Waals surface area contributed by atoms with Gasteiger partial charge in [-0.15, -0.1) is 0 Å². The van der Waals surface area contributed by atoms with Crippen molar-refractivity contribution in [2.75, 3.05) is 26.1 Å². The number of fused-ring (bicyclic) bond motifs is 1. The molecule has 0 aliphatic carbocycles. The van der Waals surface area contributed by atoms with Gasteiger partial charge in [-0.3, -0.25) is 9.36 Å². The Morgan fingerprint density at radius 3 is 1.65 bits per heavy atom. The lowest BCUT2D eigenvalue weighted by Gasteiger charge is -2.50. The van der Waals surface area contributed by atoms with Crippen molar-refractivity contribution in [3.05, 3.63) is 205 Å². The lowest BCUT2D eigenvalue weighted by Crippen LogP contribution is -2.57. The van der Waals surface area contributed by atoms with E-state index in [1.54, 1.807) is 44.8 Å². The zero-order valence-corrected chi connectivity index (χ0v) is 38.3. The molecular weight excluding hydrogens is 831 g/mol. The Morgan fingerprint density at radius 1 is 0.662 bits per heavy atom. The van der Waals surface area contributed by atoms with E-state index >= 15 is 0 Å². The van der Waals surface area contributed by atoms with Crippen LogP contribution in [0.15, 0.2) is 183 Å². The van der Waals surface area contributed by atoms with Crippen molar-refractivity contribution in [2.24, 2.45) is 5.41 Å². The van der Waals surface area contributed by atoms with E-state index in [4.69, 9.17) is 28.6 Å². The molecule has 2 N–H and O–H groups in total. The van der Waals surface area contributed by atoms with Crippen molar-refractivity contribution in [2.45, 2.75) is 44.6 Å². The Kier molecular flexibility index (Phi) is 13.3. The summed E-state index contributed by atoms with van der Waals surface area (Å²) in [6.45, 7) is 5.87. The highest BCUT2D eigenvalue weighted by atomic mass is 28.3. The van der Waals surface area contributed by atoms with Gasteiger partial charge in [0.25, 0.3) is 5.91 Å². The SMILES string of the molecule is COc1ccc(C(OC(CO)(CC(C)(C)C)C(O[SiH](c2ccccc2)c2ccccc2)n2cnc3c(NC(=O)c4ccccc4)ncnc32)(c2ccccc2)c2ccc(OC)cc2)cc1. The van der Waals surface area contributed by atoms with E-state index in [0.29, 0.717) is 28.2 Å². The van der Waals surface area contributed by atoms with Crippen LogP contribution in [0, 0.1) is 5.41 Å². The molecule has 330 valence electrons. The Morgan fingerprint density at radius 2 is 1.15 bits per heavy atom. The van der Waals surface area contributed by atoms with Gasteiger partial charge < -0.3 is 29.1 Å². The second kappa shape index (κ2) is 19.4. The minimum Gasteiger partial charge on any atom is -0.497 e. The maximum Gasteiger partial charge on any atom is 0.256 e. The van der Waals surface area contributed by atoms with Crippen LogP contribution in [0.1, 0.15) is 60.5 Å². The number of nitrogens with one attached hydrogen (secondary N) is 1. The second-order valence-corrected chi connectivity index (χ2v) is 19.5. The molecule has 0 saturated carbocycles. The van der Waals surface area contributed by atoms with Crippen molar-refractivity contribution >= 4 is 42.3 Å². The van der Waals surface area contributed by atoms with E-state index in [-0.39, 0.29) is 18.1 Å². The number of aromatic nitrogens is 4. The molecule has 6 aromatic carbocycles. The summed E-state index contributed by atoms with van der Waals surface area (Å²) in [4.78, 5) is 27.8. The summed E-state index contributed by atoms with van der Waals surface area (Å²) in [7, 11) is 0.586. The molecule has 0 spiro atoms. The maximum absolute atomic E-state index is 13.6. The van der Waals surface area contributed by atoms with Crippen LogP contribution < -0.4 is 25.2 Å². The topological polar surface area (TPSA) is 130 Å². The monoisotopic (exact) mass is 883 g/mol. The third-order valence-electron chi connectivity index (χ3n) is 11.4. The summed E-state index contributed by atoms with van der Waals surface area (Å²) in [5, 5.41) is 17.5. The number of carbonyl (C=O) groups excluding carboxylic acids is 1. The van der Waals surface area contributed by atoms with Crippen LogP contribution in [-0.2, 0) is 14.8 Å². The number of amides is 1. The molecular formula is C53H53N5O6Si. The lowest BCUT2D eigenvalue weighted by molar-refractivity contribution is -0.222. The third kappa shape index (κ3) is 9.47. The molecule has 2 heterocycles. The number of ether oxygens (including phenoxy) is 3. The molecule has 0 saturated heterocycles. The number of hydrogen-bond acceptors (Lipinski definition) is 9. The van der Waals surface area contributed by atoms with E-state index < -0.39 is 38.5 Å². The summed E-state index contributed by atoms with van der Waals surface area (Å²) in [6, 6.07) is 54.9.